The molecule has 1 heterocycles. The number of hydrogen-bond acceptors (Lipinski definition) is 2. The molecule has 2 heteroatoms. The first kappa shape index (κ1) is 11.8. The maximum atomic E-state index is 5.64. The van der Waals surface area contributed by atoms with Crippen LogP contribution in [-0.2, 0) is 6.42 Å². The summed E-state index contributed by atoms with van der Waals surface area (Å²) in [6.45, 7) is 4.89. The van der Waals surface area contributed by atoms with Gasteiger partial charge in [0.15, 0.2) is 0 Å². The van der Waals surface area contributed by atoms with E-state index in [0.717, 1.165) is 12.1 Å². The molecule has 0 spiro atoms. The highest BCUT2D eigenvalue weighted by atomic mass is 14.7. The predicted molar refractivity (Wildman–Crippen MR) is 71.9 cm³/mol. The molecular formula is C15H18N2. The van der Waals surface area contributed by atoms with Crippen LogP contribution >= 0.6 is 0 Å². The van der Waals surface area contributed by atoms with Gasteiger partial charge in [0, 0.05) is 11.8 Å². The van der Waals surface area contributed by atoms with Gasteiger partial charge in [0.25, 0.3) is 0 Å². The number of aromatic nitrogens is 1. The van der Waals surface area contributed by atoms with Crippen LogP contribution in [-0.4, -0.2) is 11.5 Å². The van der Waals surface area contributed by atoms with Crippen molar-refractivity contribution in [1.29, 1.82) is 0 Å². The highest BCUT2D eigenvalue weighted by Gasteiger charge is 2.08. The van der Waals surface area contributed by atoms with E-state index in [1.807, 2.05) is 12.3 Å². The fourth-order valence-electron chi connectivity index (χ4n) is 2.12. The molecule has 1 aromatic carbocycles. The van der Waals surface area contributed by atoms with Crippen molar-refractivity contribution in [2.24, 2.45) is 5.73 Å². The zero-order valence-corrected chi connectivity index (χ0v) is 10.4. The Morgan fingerprint density at radius 2 is 2.00 bits per heavy atom. The van der Waals surface area contributed by atoms with E-state index in [0.29, 0.717) is 6.54 Å². The lowest BCUT2D eigenvalue weighted by Gasteiger charge is -2.10. The van der Waals surface area contributed by atoms with Gasteiger partial charge in [0.2, 0.25) is 0 Å². The van der Waals surface area contributed by atoms with Gasteiger partial charge in [-0.05, 0) is 44.0 Å². The summed E-state index contributed by atoms with van der Waals surface area (Å²) in [5, 5.41) is 0. The molecular weight excluding hydrogens is 208 g/mol. The minimum Gasteiger partial charge on any atom is -0.330 e. The Kier molecular flexibility index (Phi) is 3.55. The highest BCUT2D eigenvalue weighted by Crippen LogP contribution is 2.25. The topological polar surface area (TPSA) is 38.9 Å². The standard InChI is InChI=1S/C15H18N2/c1-11-5-6-14(12(2)10-11)15-13(7-8-16)4-3-9-17-15/h3-6,9-10H,7-8,16H2,1-2H3. The molecule has 88 valence electrons. The van der Waals surface area contributed by atoms with Crippen molar-refractivity contribution in [3.63, 3.8) is 0 Å². The molecule has 2 rings (SSSR count). The van der Waals surface area contributed by atoms with E-state index >= 15 is 0 Å². The van der Waals surface area contributed by atoms with Gasteiger partial charge in [-0.25, -0.2) is 0 Å². The minimum absolute atomic E-state index is 0.656. The second-order valence-electron chi connectivity index (χ2n) is 4.37. The van der Waals surface area contributed by atoms with E-state index in [-0.39, 0.29) is 0 Å². The van der Waals surface area contributed by atoms with Crippen molar-refractivity contribution in [1.82, 2.24) is 4.98 Å². The van der Waals surface area contributed by atoms with Crippen molar-refractivity contribution in [2.75, 3.05) is 6.54 Å². The molecule has 0 aliphatic heterocycles. The van der Waals surface area contributed by atoms with Gasteiger partial charge >= 0.3 is 0 Å². The first-order valence-electron chi connectivity index (χ1n) is 5.94. The Morgan fingerprint density at radius 3 is 2.71 bits per heavy atom. The van der Waals surface area contributed by atoms with Crippen molar-refractivity contribution in [3.05, 3.63) is 53.2 Å². The summed E-state index contributed by atoms with van der Waals surface area (Å²) in [4.78, 5) is 4.50. The first-order valence-corrected chi connectivity index (χ1v) is 5.94. The first-order chi connectivity index (χ1) is 8.22. The Balaban J connectivity index is 2.52. The smallest absolute Gasteiger partial charge is 0.0737 e. The van der Waals surface area contributed by atoms with Crippen molar-refractivity contribution in [3.8, 4) is 11.3 Å². The molecule has 0 atom stereocenters. The maximum Gasteiger partial charge on any atom is 0.0737 e. The Labute approximate surface area is 103 Å². The maximum absolute atomic E-state index is 5.64. The van der Waals surface area contributed by atoms with Crippen LogP contribution in [0.1, 0.15) is 16.7 Å². The molecule has 17 heavy (non-hydrogen) atoms. The van der Waals surface area contributed by atoms with Crippen molar-refractivity contribution >= 4 is 0 Å². The monoisotopic (exact) mass is 226 g/mol. The number of aryl methyl sites for hydroxylation is 2. The Bertz CT molecular complexity index is 518. The molecule has 0 aliphatic carbocycles. The second-order valence-corrected chi connectivity index (χ2v) is 4.37. The van der Waals surface area contributed by atoms with E-state index in [2.05, 4.69) is 43.1 Å². The molecule has 0 fully saturated rings. The summed E-state index contributed by atoms with van der Waals surface area (Å²) in [6.07, 6.45) is 2.71. The molecule has 0 unspecified atom stereocenters. The van der Waals surface area contributed by atoms with Crippen molar-refractivity contribution < 1.29 is 0 Å². The fourth-order valence-corrected chi connectivity index (χ4v) is 2.12. The fraction of sp³-hybridized carbons (Fsp3) is 0.267. The van der Waals surface area contributed by atoms with Crippen LogP contribution in [0.2, 0.25) is 0 Å². The second kappa shape index (κ2) is 5.11. The minimum atomic E-state index is 0.656. The van der Waals surface area contributed by atoms with E-state index in [1.54, 1.807) is 0 Å². The summed E-state index contributed by atoms with van der Waals surface area (Å²) in [6, 6.07) is 10.5. The largest absolute Gasteiger partial charge is 0.330 e. The zero-order valence-electron chi connectivity index (χ0n) is 10.4. The van der Waals surface area contributed by atoms with Gasteiger partial charge in [-0.1, -0.05) is 29.8 Å². The quantitative estimate of drug-likeness (QED) is 0.874. The summed E-state index contributed by atoms with van der Waals surface area (Å²) in [5.74, 6) is 0. The molecule has 2 aromatic rings. The molecule has 0 saturated carbocycles. The third-order valence-corrected chi connectivity index (χ3v) is 2.94. The number of hydrogen-bond donors (Lipinski definition) is 1. The Hall–Kier alpha value is -1.67. The highest BCUT2D eigenvalue weighted by molar-refractivity contribution is 5.67. The Morgan fingerprint density at radius 1 is 1.18 bits per heavy atom. The summed E-state index contributed by atoms with van der Waals surface area (Å²) >= 11 is 0. The SMILES string of the molecule is Cc1ccc(-c2ncccc2CCN)c(C)c1. The predicted octanol–water partition coefficient (Wildman–Crippen LogP) is 2.87. The molecule has 0 aliphatic rings. The summed E-state index contributed by atoms with van der Waals surface area (Å²) < 4.78 is 0. The lowest BCUT2D eigenvalue weighted by molar-refractivity contribution is 0.961. The third-order valence-electron chi connectivity index (χ3n) is 2.94. The van der Waals surface area contributed by atoms with Gasteiger partial charge in [0.1, 0.15) is 0 Å². The van der Waals surface area contributed by atoms with E-state index in [4.69, 9.17) is 5.73 Å². The molecule has 0 bridgehead atoms. The van der Waals surface area contributed by atoms with E-state index in [9.17, 15) is 0 Å². The number of benzene rings is 1. The van der Waals surface area contributed by atoms with Crippen LogP contribution < -0.4 is 5.73 Å². The van der Waals surface area contributed by atoms with E-state index < -0.39 is 0 Å². The molecule has 1 aromatic heterocycles. The molecule has 0 amide bonds. The molecule has 0 saturated heterocycles. The number of nitrogens with zero attached hydrogens (tertiary/aromatic N) is 1. The van der Waals surface area contributed by atoms with Crippen LogP contribution in [0.5, 0.6) is 0 Å². The zero-order chi connectivity index (χ0) is 12.3. The summed E-state index contributed by atoms with van der Waals surface area (Å²) in [7, 11) is 0. The van der Waals surface area contributed by atoms with Crippen LogP contribution in [0, 0.1) is 13.8 Å². The molecule has 2 nitrogen and oxygen atoms in total. The average Bonchev–Trinajstić information content (AvgIpc) is 2.31. The van der Waals surface area contributed by atoms with Crippen molar-refractivity contribution in [2.45, 2.75) is 20.3 Å². The third kappa shape index (κ3) is 2.53. The van der Waals surface area contributed by atoms with Gasteiger partial charge in [-0.3, -0.25) is 4.98 Å². The van der Waals surface area contributed by atoms with Gasteiger partial charge < -0.3 is 5.73 Å². The average molecular weight is 226 g/mol. The molecule has 0 radical (unpaired) electrons. The van der Waals surface area contributed by atoms with E-state index in [1.165, 1.54) is 22.3 Å². The van der Waals surface area contributed by atoms with Crippen LogP contribution in [0.4, 0.5) is 0 Å². The number of rotatable bonds is 3. The normalized spacial score (nSPS) is 10.5. The van der Waals surface area contributed by atoms with Crippen LogP contribution in [0.25, 0.3) is 11.3 Å². The number of nitrogens with two attached hydrogens (primary N) is 1. The van der Waals surface area contributed by atoms with Gasteiger partial charge in [0.05, 0.1) is 5.69 Å². The van der Waals surface area contributed by atoms with Gasteiger partial charge in [-0.15, -0.1) is 0 Å². The van der Waals surface area contributed by atoms with Gasteiger partial charge in [-0.2, -0.15) is 0 Å². The van der Waals surface area contributed by atoms with Crippen LogP contribution in [0.3, 0.4) is 0 Å². The van der Waals surface area contributed by atoms with Crippen LogP contribution in [0.15, 0.2) is 36.5 Å². The lowest BCUT2D eigenvalue weighted by Crippen LogP contribution is -2.05. The lowest BCUT2D eigenvalue weighted by atomic mass is 9.98. The summed E-state index contributed by atoms with van der Waals surface area (Å²) in [5.41, 5.74) is 11.7. The molecule has 2 N–H and O–H groups in total. The number of pyridine rings is 1.